The fourth-order valence-corrected chi connectivity index (χ4v) is 2.93. The number of rotatable bonds is 1. The Hall–Kier alpha value is -0.570. The van der Waals surface area contributed by atoms with Crippen molar-refractivity contribution in [2.75, 3.05) is 7.11 Å². The minimum atomic E-state index is -0.252. The van der Waals surface area contributed by atoms with Crippen LogP contribution in [0.25, 0.3) is 0 Å². The van der Waals surface area contributed by atoms with E-state index in [1.807, 2.05) is 0 Å². The van der Waals surface area contributed by atoms with E-state index in [1.54, 1.807) is 0 Å². The average Bonchev–Trinajstić information content (AvgIpc) is 2.39. The van der Waals surface area contributed by atoms with E-state index < -0.39 is 0 Å². The number of esters is 1. The molecule has 2 rings (SSSR count). The van der Waals surface area contributed by atoms with Crippen LogP contribution in [0.2, 0.25) is 0 Å². The highest BCUT2D eigenvalue weighted by atomic mass is 16.5. The van der Waals surface area contributed by atoms with Crippen LogP contribution in [0, 0.1) is 17.8 Å². The van der Waals surface area contributed by atoms with Crippen molar-refractivity contribution in [3.8, 4) is 0 Å². The third kappa shape index (κ3) is 1.35. The summed E-state index contributed by atoms with van der Waals surface area (Å²) in [6.07, 6.45) is 3.79. The summed E-state index contributed by atoms with van der Waals surface area (Å²) in [6, 6.07) is 0. The maximum absolute atomic E-state index is 11.4. The number of methoxy groups -OCH3 is 1. The van der Waals surface area contributed by atoms with Crippen LogP contribution >= 0.6 is 0 Å². The zero-order valence-corrected chi connectivity index (χ0v) is 7.90. The van der Waals surface area contributed by atoms with Gasteiger partial charge in [0.05, 0.1) is 19.1 Å². The lowest BCUT2D eigenvalue weighted by Gasteiger charge is -2.26. The molecule has 1 N–H and O–H groups in total. The standard InChI is InChI=1S/C10H16O3/c1-13-10(12)8-5-6-3-2-4-7(8)9(6)11/h6-9,11H,2-5H2,1H3. The summed E-state index contributed by atoms with van der Waals surface area (Å²) in [5.41, 5.74) is 0. The van der Waals surface area contributed by atoms with Gasteiger partial charge < -0.3 is 9.84 Å². The number of aliphatic hydroxyl groups is 1. The van der Waals surface area contributed by atoms with Crippen LogP contribution in [0.3, 0.4) is 0 Å². The lowest BCUT2D eigenvalue weighted by atomic mass is 9.84. The van der Waals surface area contributed by atoms with Gasteiger partial charge in [0.2, 0.25) is 0 Å². The molecule has 4 unspecified atom stereocenters. The first-order chi connectivity index (χ1) is 6.24. The SMILES string of the molecule is COC(=O)C1CC2CCCC1C2O. The molecule has 4 atom stereocenters. The van der Waals surface area contributed by atoms with Gasteiger partial charge in [0.15, 0.2) is 0 Å². The molecule has 0 aromatic carbocycles. The Kier molecular flexibility index (Phi) is 2.28. The van der Waals surface area contributed by atoms with Gasteiger partial charge in [-0.05, 0) is 31.1 Å². The van der Waals surface area contributed by atoms with E-state index in [9.17, 15) is 9.90 Å². The Morgan fingerprint density at radius 3 is 2.85 bits per heavy atom. The normalized spacial score (nSPS) is 43.2. The number of carbonyl (C=O) groups excluding carboxylic acids is 1. The second-order valence-electron chi connectivity index (χ2n) is 4.21. The molecule has 0 aromatic heterocycles. The third-order valence-electron chi connectivity index (χ3n) is 3.61. The van der Waals surface area contributed by atoms with E-state index in [1.165, 1.54) is 7.11 Å². The van der Waals surface area contributed by atoms with Gasteiger partial charge in [-0.3, -0.25) is 4.79 Å². The first-order valence-electron chi connectivity index (χ1n) is 5.00. The molecule has 0 radical (unpaired) electrons. The van der Waals surface area contributed by atoms with Gasteiger partial charge in [-0.25, -0.2) is 0 Å². The zero-order valence-electron chi connectivity index (χ0n) is 7.90. The van der Waals surface area contributed by atoms with E-state index in [4.69, 9.17) is 4.74 Å². The number of aliphatic hydroxyl groups excluding tert-OH is 1. The van der Waals surface area contributed by atoms with Crippen molar-refractivity contribution in [2.45, 2.75) is 31.8 Å². The molecule has 0 aliphatic heterocycles. The van der Waals surface area contributed by atoms with Gasteiger partial charge in [0.25, 0.3) is 0 Å². The fourth-order valence-electron chi connectivity index (χ4n) is 2.93. The monoisotopic (exact) mass is 184 g/mol. The van der Waals surface area contributed by atoms with Crippen LogP contribution in [0.15, 0.2) is 0 Å². The van der Waals surface area contributed by atoms with Crippen LogP contribution in [0.5, 0.6) is 0 Å². The van der Waals surface area contributed by atoms with Crippen molar-refractivity contribution in [3.05, 3.63) is 0 Å². The Labute approximate surface area is 78.1 Å². The predicted octanol–water partition coefficient (Wildman–Crippen LogP) is 0.956. The van der Waals surface area contributed by atoms with Crippen molar-refractivity contribution in [1.82, 2.24) is 0 Å². The lowest BCUT2D eigenvalue weighted by molar-refractivity contribution is -0.147. The maximum Gasteiger partial charge on any atom is 0.309 e. The summed E-state index contributed by atoms with van der Waals surface area (Å²) in [4.78, 5) is 11.4. The van der Waals surface area contributed by atoms with Crippen LogP contribution in [-0.4, -0.2) is 24.3 Å². The molecule has 2 fully saturated rings. The summed E-state index contributed by atoms with van der Waals surface area (Å²) in [7, 11) is 1.43. The predicted molar refractivity (Wildman–Crippen MR) is 47.0 cm³/mol. The maximum atomic E-state index is 11.4. The molecule has 0 aromatic rings. The van der Waals surface area contributed by atoms with Crippen molar-refractivity contribution in [1.29, 1.82) is 0 Å². The van der Waals surface area contributed by atoms with Gasteiger partial charge in [-0.1, -0.05) is 6.42 Å². The number of ether oxygens (including phenoxy) is 1. The Morgan fingerprint density at radius 1 is 1.46 bits per heavy atom. The molecule has 0 heterocycles. The number of carbonyl (C=O) groups is 1. The lowest BCUT2D eigenvalue weighted by Crippen LogP contribution is -2.29. The minimum absolute atomic E-state index is 0.0347. The van der Waals surface area contributed by atoms with Gasteiger partial charge >= 0.3 is 5.97 Å². The van der Waals surface area contributed by atoms with Gasteiger partial charge in [-0.15, -0.1) is 0 Å². The summed E-state index contributed by atoms with van der Waals surface area (Å²) in [6.45, 7) is 0. The van der Waals surface area contributed by atoms with Gasteiger partial charge in [0.1, 0.15) is 0 Å². The Morgan fingerprint density at radius 2 is 2.23 bits per heavy atom. The third-order valence-corrected chi connectivity index (χ3v) is 3.61. The molecule has 3 heteroatoms. The van der Waals surface area contributed by atoms with Crippen LogP contribution < -0.4 is 0 Å². The molecule has 0 amide bonds. The molecule has 3 nitrogen and oxygen atoms in total. The van der Waals surface area contributed by atoms with Gasteiger partial charge in [0, 0.05) is 0 Å². The summed E-state index contributed by atoms with van der Waals surface area (Å²) in [5, 5.41) is 9.82. The first kappa shape index (κ1) is 9.00. The Balaban J connectivity index is 2.11. The fraction of sp³-hybridized carbons (Fsp3) is 0.900. The van der Waals surface area contributed by atoms with Crippen LogP contribution in [0.4, 0.5) is 0 Å². The number of hydrogen-bond donors (Lipinski definition) is 1. The molecular formula is C10H16O3. The van der Waals surface area contributed by atoms with Crippen molar-refractivity contribution in [2.24, 2.45) is 17.8 Å². The minimum Gasteiger partial charge on any atom is -0.469 e. The highest BCUT2D eigenvalue weighted by Crippen LogP contribution is 2.46. The molecule has 0 saturated heterocycles. The van der Waals surface area contributed by atoms with Crippen molar-refractivity contribution >= 4 is 5.97 Å². The highest BCUT2D eigenvalue weighted by molar-refractivity contribution is 5.73. The van der Waals surface area contributed by atoms with E-state index >= 15 is 0 Å². The molecule has 0 spiro atoms. The second-order valence-corrected chi connectivity index (χ2v) is 4.21. The second kappa shape index (κ2) is 3.29. The topological polar surface area (TPSA) is 46.5 Å². The Bertz CT molecular complexity index is 214. The van der Waals surface area contributed by atoms with E-state index in [0.717, 1.165) is 25.7 Å². The van der Waals surface area contributed by atoms with Crippen LogP contribution in [0.1, 0.15) is 25.7 Å². The van der Waals surface area contributed by atoms with Gasteiger partial charge in [-0.2, -0.15) is 0 Å². The van der Waals surface area contributed by atoms with E-state index in [-0.39, 0.29) is 23.9 Å². The average molecular weight is 184 g/mol. The quantitative estimate of drug-likeness (QED) is 0.617. The largest absolute Gasteiger partial charge is 0.469 e. The highest BCUT2D eigenvalue weighted by Gasteiger charge is 2.47. The first-order valence-corrected chi connectivity index (χ1v) is 5.00. The number of fused-ring (bicyclic) bond motifs is 2. The van der Waals surface area contributed by atoms with E-state index in [2.05, 4.69) is 0 Å². The molecule has 74 valence electrons. The van der Waals surface area contributed by atoms with Crippen LogP contribution in [-0.2, 0) is 9.53 Å². The summed E-state index contributed by atoms with van der Waals surface area (Å²) in [5.74, 6) is 0.356. The molecular weight excluding hydrogens is 168 g/mol. The molecule has 2 saturated carbocycles. The molecule has 2 aliphatic carbocycles. The molecule has 2 aliphatic rings. The molecule has 13 heavy (non-hydrogen) atoms. The number of hydrogen-bond acceptors (Lipinski definition) is 3. The van der Waals surface area contributed by atoms with Crippen molar-refractivity contribution < 1.29 is 14.6 Å². The molecule has 2 bridgehead atoms. The summed E-state index contributed by atoms with van der Waals surface area (Å²) >= 11 is 0. The smallest absolute Gasteiger partial charge is 0.309 e. The van der Waals surface area contributed by atoms with E-state index in [0.29, 0.717) is 5.92 Å². The summed E-state index contributed by atoms with van der Waals surface area (Å²) < 4.78 is 4.74. The van der Waals surface area contributed by atoms with Crippen molar-refractivity contribution in [3.63, 3.8) is 0 Å². The zero-order chi connectivity index (χ0) is 9.42.